The Morgan fingerprint density at radius 1 is 0.486 bits per heavy atom. The summed E-state index contributed by atoms with van der Waals surface area (Å²) in [5, 5.41) is 19.1. The fraction of sp³-hybridized carbons (Fsp3) is 0.194. The largest absolute Gasteiger partial charge is 1.00 e. The summed E-state index contributed by atoms with van der Waals surface area (Å²) in [4.78, 5) is 46.7. The van der Waals surface area contributed by atoms with E-state index in [-0.39, 0.29) is 56.8 Å². The van der Waals surface area contributed by atoms with E-state index in [1.54, 1.807) is 60.8 Å². The van der Waals surface area contributed by atoms with E-state index in [9.17, 15) is 9.59 Å². The number of rotatable bonds is 23. The number of aromatic nitrogens is 8. The predicted octanol–water partition coefficient (Wildman–Crippen LogP) is 28.0. The zero-order chi connectivity index (χ0) is 104. The normalized spacial score (nSPS) is 11.4. The molecule has 2 N–H and O–H groups in total. The average molecular weight is 2570 g/mol. The van der Waals surface area contributed by atoms with E-state index < -0.39 is 40.1 Å². The molecule has 0 aliphatic carbocycles. The Balaban J connectivity index is 0.000000273. The SMILES string of the molecule is C#CC#CC#C.C#CC#CC#CC.C[Si](C)(C)CCOCCl.C[Si](C)(C)CCOCn1cc(I)c2c(Cl)nccc21.Clc1nccc2[nH]cc(I)c12.Clc1nccc2[nH]ccc12.O=C1CCC(=O)N1I.PPP(P)P(P)P.[C-]#[N+]c1cn(COCC[Si](C)(C)C)c2ccnc(Cl)c12.[H-].[Na+].c1ccc(P(c2ccccc2)c2ccc3ccccc3c2-c2c(P(c3ccccc3)c3ccccc3)ccc3ccccc23)cc1. The molecule has 0 spiro atoms. The van der Waals surface area contributed by atoms with Crippen molar-refractivity contribution in [2.24, 2.45) is 0 Å². The average Bonchev–Trinajstić information content (AvgIpc) is 1.50. The first-order valence-corrected chi connectivity index (χ1v) is 75.4. The maximum Gasteiger partial charge on any atom is 1.00 e. The second kappa shape index (κ2) is 66.0. The third-order valence-electron chi connectivity index (χ3n) is 20.5. The van der Waals surface area contributed by atoms with Gasteiger partial charge >= 0.3 is 29.6 Å². The second-order valence-electron chi connectivity index (χ2n) is 34.4. The van der Waals surface area contributed by atoms with Gasteiger partial charge in [-0.2, -0.15) is 0 Å². The topological polar surface area (TPSA) is 162 Å². The number of hydrogen-bond acceptors (Lipinski definition) is 9. The van der Waals surface area contributed by atoms with Gasteiger partial charge in [0.2, 0.25) is 17.5 Å². The van der Waals surface area contributed by atoms with Gasteiger partial charge in [-0.05, 0) is 242 Å². The molecule has 36 heteroatoms. The van der Waals surface area contributed by atoms with Crippen LogP contribution in [0.3, 0.4) is 0 Å². The molecule has 1 fully saturated rings. The van der Waals surface area contributed by atoms with Crippen LogP contribution in [0.5, 0.6) is 0 Å². The maximum atomic E-state index is 10.5. The number of halogens is 8. The van der Waals surface area contributed by atoms with Gasteiger partial charge in [-0.25, -0.2) is 27.9 Å². The predicted molar refractivity (Wildman–Crippen MR) is 673 cm³/mol. The maximum absolute atomic E-state index is 10.5. The number of aromatic amines is 2. The van der Waals surface area contributed by atoms with E-state index >= 15 is 0 Å². The number of H-pyrrole nitrogens is 2. The molecule has 144 heavy (non-hydrogen) atoms. The fourth-order valence-corrected chi connectivity index (χ4v) is 40.3. The number of hydrogen-bond donors (Lipinski definition) is 2. The summed E-state index contributed by atoms with van der Waals surface area (Å²) < 4.78 is 23.9. The first-order chi connectivity index (χ1) is 68.6. The molecule has 738 valence electrons. The number of imide groups is 1. The number of terminal acetylenes is 3. The van der Waals surface area contributed by atoms with Crippen molar-refractivity contribution in [3.63, 3.8) is 0 Å². The van der Waals surface area contributed by atoms with Crippen LogP contribution >= 0.6 is 200 Å². The molecule has 8 aromatic heterocycles. The van der Waals surface area contributed by atoms with E-state index in [0.717, 1.165) is 82.3 Å². The molecule has 0 bridgehead atoms. The van der Waals surface area contributed by atoms with Crippen molar-refractivity contribution in [3.05, 3.63) is 313 Å². The van der Waals surface area contributed by atoms with Crippen molar-refractivity contribution in [2.45, 2.75) is 110 Å². The molecule has 1 saturated heterocycles. The Bertz CT molecular complexity index is 6990. The Morgan fingerprint density at radius 3 is 1.26 bits per heavy atom. The van der Waals surface area contributed by atoms with Crippen molar-refractivity contribution >= 4 is 338 Å². The minimum Gasteiger partial charge on any atom is -1.00 e. The van der Waals surface area contributed by atoms with Crippen LogP contribution in [0, 0.1) is 86.3 Å². The minimum absolute atomic E-state index is 0. The number of nitrogens with zero attached hydrogens (tertiary/aromatic N) is 8. The van der Waals surface area contributed by atoms with Crippen LogP contribution in [0.2, 0.25) is 97.7 Å². The number of nitrogens with one attached hydrogen (secondary N) is 2. The molecule has 0 saturated carbocycles. The van der Waals surface area contributed by atoms with Gasteiger partial charge in [-0.15, -0.1) is 55.0 Å². The molecule has 8 aromatic carbocycles. The number of amides is 2. The van der Waals surface area contributed by atoms with Crippen LogP contribution < -0.4 is 61.4 Å². The van der Waals surface area contributed by atoms with Crippen LogP contribution in [0.25, 0.3) is 81.1 Å². The third-order valence-corrected chi connectivity index (χ3v) is 65.1. The van der Waals surface area contributed by atoms with E-state index in [4.69, 9.17) is 98.1 Å². The Labute approximate surface area is 957 Å². The molecule has 15 nitrogen and oxygen atoms in total. The molecule has 6 atom stereocenters. The number of carbonyl (C=O) groups is 2. The number of ether oxygens (including phenoxy) is 3. The molecule has 1 aliphatic rings. The first kappa shape index (κ1) is 125. The molecule has 1 aliphatic heterocycles. The summed E-state index contributed by atoms with van der Waals surface area (Å²) in [6.07, 6.45) is 29.3. The van der Waals surface area contributed by atoms with Crippen molar-refractivity contribution in [1.29, 1.82) is 0 Å². The summed E-state index contributed by atoms with van der Waals surface area (Å²) in [7, 11) is 7.74. The number of pyridine rings is 4. The smallest absolute Gasteiger partial charge is 1.00 e. The first-order valence-electron chi connectivity index (χ1n) is 44.5. The van der Waals surface area contributed by atoms with Crippen LogP contribution in [0.15, 0.2) is 274 Å². The molecular formula is C108H112Cl5I3N10NaO5P9Si3. The Kier molecular flexibility index (Phi) is 57.3. The number of benzene rings is 8. The van der Waals surface area contributed by atoms with Gasteiger partial charge in [0, 0.05) is 130 Å². The van der Waals surface area contributed by atoms with Gasteiger partial charge < -0.3 is 34.7 Å². The monoisotopic (exact) mass is 2570 g/mol. The zero-order valence-electron chi connectivity index (χ0n) is 82.7. The van der Waals surface area contributed by atoms with Crippen molar-refractivity contribution in [2.75, 3.05) is 25.9 Å². The van der Waals surface area contributed by atoms with Gasteiger partial charge in [-0.1, -0.05) is 325 Å². The minimum atomic E-state index is -1.07. The molecule has 16 aromatic rings. The van der Waals surface area contributed by atoms with Crippen LogP contribution in [0.4, 0.5) is 5.69 Å². The molecule has 17 rings (SSSR count). The Hall–Kier alpha value is -5.93. The van der Waals surface area contributed by atoms with Crippen LogP contribution in [-0.2, 0) is 37.3 Å². The van der Waals surface area contributed by atoms with Gasteiger partial charge in [0.1, 0.15) is 40.1 Å². The number of alkyl halides is 1. The van der Waals surface area contributed by atoms with Crippen molar-refractivity contribution < 1.29 is 54.8 Å². The van der Waals surface area contributed by atoms with Gasteiger partial charge in [-0.3, -0.25) is 9.59 Å². The Morgan fingerprint density at radius 2 is 0.875 bits per heavy atom. The van der Waals surface area contributed by atoms with Crippen LogP contribution in [0.1, 0.15) is 21.2 Å². The molecule has 6 unspecified atom stereocenters. The fourth-order valence-electron chi connectivity index (χ4n) is 13.5. The number of fused-ring (bicyclic) bond motifs is 6. The third kappa shape index (κ3) is 40.7. The zero-order valence-corrected chi connectivity index (χ0v) is 106. The summed E-state index contributed by atoms with van der Waals surface area (Å²) in [6.45, 7) is 33.8. The molecule has 9 heterocycles. The van der Waals surface area contributed by atoms with E-state index in [1.165, 1.54) is 76.6 Å². The standard InChI is InChI=1S/C44H32P2.C14H18ClN3OSi.C13H18ClIN2OSi.C7H4ClIN2.C7H5ClN2.C7H4.C6H15ClOSi.C6H2.C4H4INO2.Na.H9P7.H/c1-5-19-35(20-6-1)45(36-21-7-2-8-22-36)41-31-29-33-17-13-15-27-39(33)43(41)44-40-28-16-14-18-34(40)30-32-42(44)46(37-23-9-3-10-24-37)38-25-11-4-12-26-38;1-16-11-9-18(10-19-7-8-20(2,3)4)12-5-6-17-14(15)13(11)12;1-19(2,3)7-6-18-9-17-8-10(15)12-11(17)4-5-16-13(12)14;8-7-6-4(9)3-11-5(6)1-2-10-7;8-7-5-1-3-9-6(5)2-4-10-7;1-3-5-7-6-4-2;1-9(2,3)5-4-8-6-7;1-3-5-6-4-2;5-6-3(7)1-2-4(6)8;;1-5-7(4)6(2)3;/h1-32H;5-6,9H,7-8,10H2,2-4H3;4-5,8H,6-7,9H2,1-3H3;1-3,11H;1-4,9H;1H,2H3;4-6H2,1-3H3;1-2H;1-2H2;;5H,1-4H2;/q;;;;;;;;;+1;;-1. The second-order valence-corrected chi connectivity index (χ2v) is 82.7. The van der Waals surface area contributed by atoms with Crippen molar-refractivity contribution in [1.82, 2.24) is 42.2 Å². The summed E-state index contributed by atoms with van der Waals surface area (Å²) in [6, 6.07) is 85.2. The number of carbonyl (C=O) groups excluding carboxylic acids is 2. The van der Waals surface area contributed by atoms with Crippen LogP contribution in [-0.4, -0.2) is 104 Å². The molecular weight excluding hydrogens is 2460 g/mol. The quantitative estimate of drug-likeness (QED) is 0.00606. The van der Waals surface area contributed by atoms with E-state index in [2.05, 4.69) is 433 Å². The van der Waals surface area contributed by atoms with Crippen molar-refractivity contribution in [3.8, 4) is 83.7 Å². The molecule has 2 amide bonds. The van der Waals surface area contributed by atoms with Gasteiger partial charge in [0.05, 0.1) is 56.8 Å². The summed E-state index contributed by atoms with van der Waals surface area (Å²) in [5.41, 5.74) is 7.26. The van der Waals surface area contributed by atoms with Gasteiger partial charge in [0.15, 0.2) is 0 Å². The summed E-state index contributed by atoms with van der Waals surface area (Å²) in [5.74, 6) is 20.5. The van der Waals surface area contributed by atoms with Gasteiger partial charge in [0.25, 0.3) is 0 Å². The van der Waals surface area contributed by atoms with E-state index in [0.29, 0.717) is 64.1 Å². The van der Waals surface area contributed by atoms with E-state index in [1.807, 2.05) is 47.3 Å². The molecule has 0 radical (unpaired) electrons. The summed E-state index contributed by atoms with van der Waals surface area (Å²) >= 11 is 35.4.